The highest BCUT2D eigenvalue weighted by Crippen LogP contribution is 2.20. The molecule has 1 aliphatic rings. The normalized spacial score (nSPS) is 16.3. The van der Waals surface area contributed by atoms with Crippen LogP contribution in [0.5, 0.6) is 0 Å². The molecule has 1 fully saturated rings. The van der Waals surface area contributed by atoms with Gasteiger partial charge in [-0.3, -0.25) is 4.99 Å². The molecule has 1 aliphatic carbocycles. The van der Waals surface area contributed by atoms with Gasteiger partial charge in [0, 0.05) is 32.3 Å². The first-order valence-corrected chi connectivity index (χ1v) is 8.59. The fraction of sp³-hybridized carbons (Fsp3) is 0.611. The van der Waals surface area contributed by atoms with E-state index in [9.17, 15) is 4.39 Å². The van der Waals surface area contributed by atoms with Gasteiger partial charge in [-0.25, -0.2) is 4.39 Å². The molecule has 0 unspecified atom stereocenters. The van der Waals surface area contributed by atoms with Crippen LogP contribution in [0, 0.1) is 5.82 Å². The quantitative estimate of drug-likeness (QED) is 0.460. The third-order valence-corrected chi connectivity index (χ3v) is 4.15. The lowest BCUT2D eigenvalue weighted by Gasteiger charge is -2.22. The summed E-state index contributed by atoms with van der Waals surface area (Å²) < 4.78 is 19.4. The van der Waals surface area contributed by atoms with Crippen molar-refractivity contribution in [3.8, 4) is 0 Å². The summed E-state index contributed by atoms with van der Waals surface area (Å²) in [6, 6.07) is 6.76. The van der Waals surface area contributed by atoms with Crippen LogP contribution in [0.2, 0.25) is 0 Å². The number of aliphatic imine (C=N–C) groups is 1. The van der Waals surface area contributed by atoms with Crippen molar-refractivity contribution in [1.82, 2.24) is 10.6 Å². The highest BCUT2D eigenvalue weighted by Gasteiger charge is 2.12. The Morgan fingerprint density at radius 2 is 2.00 bits per heavy atom. The lowest BCUT2D eigenvalue weighted by atomic mass is 9.98. The number of rotatable bonds is 7. The monoisotopic (exact) mass is 321 g/mol. The summed E-state index contributed by atoms with van der Waals surface area (Å²) in [6.07, 6.45) is 7.77. The molecule has 0 amide bonds. The van der Waals surface area contributed by atoms with Crippen LogP contribution in [0.1, 0.15) is 44.1 Å². The minimum Gasteiger partial charge on any atom is -0.378 e. The summed E-state index contributed by atoms with van der Waals surface area (Å²) in [6.45, 7) is 2.00. The van der Waals surface area contributed by atoms with Gasteiger partial charge in [0.2, 0.25) is 0 Å². The standard InChI is InChI=1S/C18H28FN3O/c1-20-18(22-14-15-8-5-6-11-17(15)19)21-12-7-13-23-16-9-3-2-4-10-16/h5-6,8,11,16H,2-4,7,9-10,12-14H2,1H3,(H2,20,21,22). The Bertz CT molecular complexity index is 487. The van der Waals surface area contributed by atoms with E-state index >= 15 is 0 Å². The van der Waals surface area contributed by atoms with Crippen LogP contribution < -0.4 is 10.6 Å². The summed E-state index contributed by atoms with van der Waals surface area (Å²) in [5, 5.41) is 6.36. The van der Waals surface area contributed by atoms with Gasteiger partial charge < -0.3 is 15.4 Å². The second-order valence-corrected chi connectivity index (χ2v) is 5.93. The van der Waals surface area contributed by atoms with Gasteiger partial charge in [0.25, 0.3) is 0 Å². The molecular weight excluding hydrogens is 293 g/mol. The Morgan fingerprint density at radius 3 is 2.74 bits per heavy atom. The maximum atomic E-state index is 13.6. The predicted octanol–water partition coefficient (Wildman–Crippen LogP) is 3.23. The molecule has 128 valence electrons. The Morgan fingerprint density at radius 1 is 1.22 bits per heavy atom. The van der Waals surface area contributed by atoms with Crippen molar-refractivity contribution in [2.45, 2.75) is 51.2 Å². The molecule has 0 spiro atoms. The largest absolute Gasteiger partial charge is 0.378 e. The van der Waals surface area contributed by atoms with E-state index < -0.39 is 0 Å². The number of nitrogens with one attached hydrogen (secondary N) is 2. The van der Waals surface area contributed by atoms with Gasteiger partial charge in [-0.2, -0.15) is 0 Å². The first-order chi connectivity index (χ1) is 11.3. The van der Waals surface area contributed by atoms with E-state index in [1.165, 1.54) is 38.2 Å². The summed E-state index contributed by atoms with van der Waals surface area (Å²) in [4.78, 5) is 4.15. The first kappa shape index (κ1) is 17.7. The third-order valence-electron chi connectivity index (χ3n) is 4.15. The highest BCUT2D eigenvalue weighted by atomic mass is 19.1. The molecule has 0 radical (unpaired) electrons. The number of ether oxygens (including phenoxy) is 1. The second kappa shape index (κ2) is 10.2. The van der Waals surface area contributed by atoms with E-state index in [4.69, 9.17) is 4.74 Å². The highest BCUT2D eigenvalue weighted by molar-refractivity contribution is 5.79. The van der Waals surface area contributed by atoms with Crippen molar-refractivity contribution in [3.05, 3.63) is 35.6 Å². The van der Waals surface area contributed by atoms with Gasteiger partial charge >= 0.3 is 0 Å². The minimum absolute atomic E-state index is 0.198. The molecule has 5 heteroatoms. The average Bonchev–Trinajstić information content (AvgIpc) is 2.59. The number of nitrogens with zero attached hydrogens (tertiary/aromatic N) is 1. The predicted molar refractivity (Wildman–Crippen MR) is 92.0 cm³/mol. The lowest BCUT2D eigenvalue weighted by Crippen LogP contribution is -2.37. The van der Waals surface area contributed by atoms with Crippen LogP contribution in [0.3, 0.4) is 0 Å². The van der Waals surface area contributed by atoms with Crippen molar-refractivity contribution >= 4 is 5.96 Å². The molecule has 1 aromatic rings. The van der Waals surface area contributed by atoms with Gasteiger partial charge in [0.15, 0.2) is 5.96 Å². The molecular formula is C18H28FN3O. The van der Waals surface area contributed by atoms with E-state index in [-0.39, 0.29) is 5.82 Å². The SMILES string of the molecule is CN=C(NCCCOC1CCCCC1)NCc1ccccc1F. The van der Waals surface area contributed by atoms with E-state index in [0.717, 1.165) is 19.6 Å². The van der Waals surface area contributed by atoms with Crippen LogP contribution >= 0.6 is 0 Å². The van der Waals surface area contributed by atoms with E-state index in [2.05, 4.69) is 15.6 Å². The van der Waals surface area contributed by atoms with Crippen LogP contribution in [0.25, 0.3) is 0 Å². The summed E-state index contributed by atoms with van der Waals surface area (Å²) >= 11 is 0. The van der Waals surface area contributed by atoms with Crippen molar-refractivity contribution < 1.29 is 9.13 Å². The van der Waals surface area contributed by atoms with Gasteiger partial charge in [-0.05, 0) is 25.3 Å². The number of halogens is 1. The topological polar surface area (TPSA) is 45.7 Å². The van der Waals surface area contributed by atoms with Crippen LogP contribution in [-0.2, 0) is 11.3 Å². The molecule has 1 saturated carbocycles. The summed E-state index contributed by atoms with van der Waals surface area (Å²) in [5.74, 6) is 0.488. The molecule has 1 aromatic carbocycles. The van der Waals surface area contributed by atoms with E-state index in [0.29, 0.717) is 24.2 Å². The Kier molecular flexibility index (Phi) is 7.87. The Balaban J connectivity index is 1.58. The Hall–Kier alpha value is -1.62. The third kappa shape index (κ3) is 6.57. The zero-order valence-electron chi connectivity index (χ0n) is 14.0. The molecule has 2 N–H and O–H groups in total. The molecule has 0 saturated heterocycles. The molecule has 23 heavy (non-hydrogen) atoms. The number of guanidine groups is 1. The molecule has 0 atom stereocenters. The van der Waals surface area contributed by atoms with Gasteiger partial charge in [-0.15, -0.1) is 0 Å². The smallest absolute Gasteiger partial charge is 0.191 e. The maximum Gasteiger partial charge on any atom is 0.191 e. The second-order valence-electron chi connectivity index (χ2n) is 5.93. The maximum absolute atomic E-state index is 13.6. The zero-order valence-corrected chi connectivity index (χ0v) is 14.0. The molecule has 0 aromatic heterocycles. The van der Waals surface area contributed by atoms with Crippen molar-refractivity contribution in [3.63, 3.8) is 0 Å². The summed E-state index contributed by atoms with van der Waals surface area (Å²) in [7, 11) is 1.72. The molecule has 0 heterocycles. The van der Waals surface area contributed by atoms with Crippen molar-refractivity contribution in [2.24, 2.45) is 4.99 Å². The summed E-state index contributed by atoms with van der Waals surface area (Å²) in [5.41, 5.74) is 0.635. The van der Waals surface area contributed by atoms with Crippen molar-refractivity contribution in [1.29, 1.82) is 0 Å². The van der Waals surface area contributed by atoms with Gasteiger partial charge in [0.1, 0.15) is 5.82 Å². The number of hydrogen-bond acceptors (Lipinski definition) is 2. The molecule has 4 nitrogen and oxygen atoms in total. The lowest BCUT2D eigenvalue weighted by molar-refractivity contribution is 0.0277. The van der Waals surface area contributed by atoms with Crippen molar-refractivity contribution in [2.75, 3.05) is 20.2 Å². The van der Waals surface area contributed by atoms with Gasteiger partial charge in [0.05, 0.1) is 6.10 Å². The van der Waals surface area contributed by atoms with Crippen LogP contribution in [0.15, 0.2) is 29.3 Å². The number of hydrogen-bond donors (Lipinski definition) is 2. The Labute approximate surface area is 138 Å². The van der Waals surface area contributed by atoms with E-state index in [1.807, 2.05) is 6.07 Å². The molecule has 2 rings (SSSR count). The van der Waals surface area contributed by atoms with Crippen LogP contribution in [-0.4, -0.2) is 32.3 Å². The van der Waals surface area contributed by atoms with E-state index in [1.54, 1.807) is 19.2 Å². The van der Waals surface area contributed by atoms with Gasteiger partial charge in [-0.1, -0.05) is 37.5 Å². The average molecular weight is 321 g/mol. The van der Waals surface area contributed by atoms with Crippen LogP contribution in [0.4, 0.5) is 4.39 Å². The molecule has 0 bridgehead atoms. The zero-order chi connectivity index (χ0) is 16.3. The fourth-order valence-electron chi connectivity index (χ4n) is 2.80. The molecule has 0 aliphatic heterocycles. The fourth-order valence-corrected chi connectivity index (χ4v) is 2.80. The number of benzene rings is 1. The first-order valence-electron chi connectivity index (χ1n) is 8.59. The minimum atomic E-state index is -0.198.